The van der Waals surface area contributed by atoms with Gasteiger partial charge in [-0.25, -0.2) is 0 Å². The molecule has 1 unspecified atom stereocenters. The Balaban J connectivity index is 2.08. The summed E-state index contributed by atoms with van der Waals surface area (Å²) in [6.07, 6.45) is 0. The first-order chi connectivity index (χ1) is 8.19. The molecule has 17 heavy (non-hydrogen) atoms. The Bertz CT molecular complexity index is 482. The number of anilines is 2. The number of benzene rings is 1. The maximum Gasteiger partial charge on any atom is 0.320 e. The van der Waals surface area contributed by atoms with Crippen LogP contribution in [-0.2, 0) is 0 Å². The number of aromatic nitrogens is 2. The largest absolute Gasteiger partial charge is 0.406 e. The summed E-state index contributed by atoms with van der Waals surface area (Å²) in [5, 5.41) is 14.0. The summed E-state index contributed by atoms with van der Waals surface area (Å²) < 4.78 is 6.49. The third-order valence-electron chi connectivity index (χ3n) is 2.34. The fraction of sp³-hybridized carbons (Fsp3) is 0.273. The van der Waals surface area contributed by atoms with E-state index in [-0.39, 0.29) is 6.04 Å². The number of halogens is 1. The molecule has 5 nitrogen and oxygen atoms in total. The molecule has 0 saturated heterocycles. The molecule has 0 fully saturated rings. The highest BCUT2D eigenvalue weighted by Crippen LogP contribution is 2.19. The normalized spacial score (nSPS) is 12.4. The zero-order chi connectivity index (χ0) is 12.3. The van der Waals surface area contributed by atoms with Crippen LogP contribution in [0.15, 0.2) is 33.2 Å². The first-order valence-electron chi connectivity index (χ1n) is 5.22. The van der Waals surface area contributed by atoms with Crippen molar-refractivity contribution in [3.8, 4) is 0 Å². The monoisotopic (exact) mass is 296 g/mol. The molecular weight excluding hydrogens is 284 g/mol. The van der Waals surface area contributed by atoms with E-state index in [0.717, 1.165) is 10.2 Å². The molecule has 90 valence electrons. The Kier molecular flexibility index (Phi) is 3.75. The van der Waals surface area contributed by atoms with Crippen LogP contribution in [0.1, 0.15) is 18.9 Å². The van der Waals surface area contributed by atoms with Gasteiger partial charge in [0.15, 0.2) is 0 Å². The lowest BCUT2D eigenvalue weighted by Crippen LogP contribution is -2.12. The average molecular weight is 297 g/mol. The van der Waals surface area contributed by atoms with E-state index in [1.165, 1.54) is 0 Å². The van der Waals surface area contributed by atoms with Crippen LogP contribution in [0.2, 0.25) is 0 Å². The molecule has 0 aliphatic carbocycles. The van der Waals surface area contributed by atoms with E-state index in [4.69, 9.17) is 4.42 Å². The van der Waals surface area contributed by atoms with Gasteiger partial charge in [-0.15, -0.1) is 5.10 Å². The van der Waals surface area contributed by atoms with Crippen LogP contribution in [0.5, 0.6) is 0 Å². The standard InChI is InChI=1S/C11H13BrN4O/c1-7(13-2)10-15-16-11(17-10)14-9-5-3-8(12)4-6-9/h3-7,13H,1-2H3,(H,14,16). The van der Waals surface area contributed by atoms with Crippen LogP contribution in [-0.4, -0.2) is 17.2 Å². The Hall–Kier alpha value is -1.40. The van der Waals surface area contributed by atoms with E-state index in [2.05, 4.69) is 36.8 Å². The zero-order valence-corrected chi connectivity index (χ0v) is 11.2. The van der Waals surface area contributed by atoms with Gasteiger partial charge in [0.25, 0.3) is 0 Å². The molecule has 0 amide bonds. The summed E-state index contributed by atoms with van der Waals surface area (Å²) in [5.74, 6) is 0.562. The topological polar surface area (TPSA) is 63.0 Å². The van der Waals surface area contributed by atoms with Crippen molar-refractivity contribution >= 4 is 27.6 Å². The van der Waals surface area contributed by atoms with Gasteiger partial charge in [-0.05, 0) is 38.2 Å². The van der Waals surface area contributed by atoms with Crippen molar-refractivity contribution in [2.45, 2.75) is 13.0 Å². The molecule has 2 rings (SSSR count). The van der Waals surface area contributed by atoms with Crippen LogP contribution < -0.4 is 10.6 Å². The van der Waals surface area contributed by atoms with E-state index in [1.54, 1.807) is 0 Å². The predicted molar refractivity (Wildman–Crippen MR) is 69.2 cm³/mol. The van der Waals surface area contributed by atoms with E-state index in [0.29, 0.717) is 11.9 Å². The minimum absolute atomic E-state index is 0.0444. The third kappa shape index (κ3) is 3.04. The van der Waals surface area contributed by atoms with Gasteiger partial charge in [-0.1, -0.05) is 21.0 Å². The predicted octanol–water partition coefficient (Wildman–Crippen LogP) is 2.86. The molecular formula is C11H13BrN4O. The number of nitrogens with zero attached hydrogens (tertiary/aromatic N) is 2. The first kappa shape index (κ1) is 12.1. The van der Waals surface area contributed by atoms with Crippen molar-refractivity contribution in [1.82, 2.24) is 15.5 Å². The summed E-state index contributed by atoms with van der Waals surface area (Å²) in [4.78, 5) is 0. The molecule has 1 aromatic carbocycles. The Morgan fingerprint density at radius 1 is 1.24 bits per heavy atom. The van der Waals surface area contributed by atoms with Gasteiger partial charge in [-0.2, -0.15) is 0 Å². The summed E-state index contributed by atoms with van der Waals surface area (Å²) in [6, 6.07) is 8.17. The van der Waals surface area contributed by atoms with Crippen LogP contribution in [0.3, 0.4) is 0 Å². The molecule has 0 aliphatic rings. The minimum atomic E-state index is 0.0444. The molecule has 1 atom stereocenters. The molecule has 0 aliphatic heterocycles. The van der Waals surface area contributed by atoms with Crippen LogP contribution in [0, 0.1) is 0 Å². The maximum absolute atomic E-state index is 5.46. The van der Waals surface area contributed by atoms with Crippen molar-refractivity contribution in [3.63, 3.8) is 0 Å². The van der Waals surface area contributed by atoms with Gasteiger partial charge in [0.2, 0.25) is 5.89 Å². The summed E-state index contributed by atoms with van der Waals surface area (Å²) in [6.45, 7) is 1.96. The second-order valence-corrected chi connectivity index (χ2v) is 4.50. The lowest BCUT2D eigenvalue weighted by atomic mass is 10.3. The van der Waals surface area contributed by atoms with Crippen molar-refractivity contribution in [1.29, 1.82) is 0 Å². The summed E-state index contributed by atoms with van der Waals surface area (Å²) in [7, 11) is 1.84. The molecule has 0 radical (unpaired) electrons. The van der Waals surface area contributed by atoms with Gasteiger partial charge in [0, 0.05) is 10.2 Å². The SMILES string of the molecule is CNC(C)c1nnc(Nc2ccc(Br)cc2)o1. The fourth-order valence-corrected chi connectivity index (χ4v) is 1.50. The summed E-state index contributed by atoms with van der Waals surface area (Å²) >= 11 is 3.38. The quantitative estimate of drug-likeness (QED) is 0.908. The van der Waals surface area contributed by atoms with Gasteiger partial charge in [-0.3, -0.25) is 0 Å². The molecule has 2 N–H and O–H groups in total. The maximum atomic E-state index is 5.46. The number of hydrogen-bond donors (Lipinski definition) is 2. The van der Waals surface area contributed by atoms with Crippen molar-refractivity contribution in [2.75, 3.05) is 12.4 Å². The van der Waals surface area contributed by atoms with E-state index in [9.17, 15) is 0 Å². The zero-order valence-electron chi connectivity index (χ0n) is 9.57. The summed E-state index contributed by atoms with van der Waals surface area (Å²) in [5.41, 5.74) is 0.903. The van der Waals surface area contributed by atoms with Gasteiger partial charge in [0.1, 0.15) is 0 Å². The smallest absolute Gasteiger partial charge is 0.320 e. The highest BCUT2D eigenvalue weighted by atomic mass is 79.9. The van der Waals surface area contributed by atoms with E-state index in [1.807, 2.05) is 38.2 Å². The molecule has 0 bridgehead atoms. The second-order valence-electron chi connectivity index (χ2n) is 3.59. The number of hydrogen-bond acceptors (Lipinski definition) is 5. The molecule has 0 saturated carbocycles. The molecule has 1 aromatic heterocycles. The van der Waals surface area contributed by atoms with E-state index < -0.39 is 0 Å². The molecule has 2 aromatic rings. The fourth-order valence-electron chi connectivity index (χ4n) is 1.24. The second kappa shape index (κ2) is 5.29. The molecule has 0 spiro atoms. The van der Waals surface area contributed by atoms with Crippen LogP contribution in [0.25, 0.3) is 0 Å². The van der Waals surface area contributed by atoms with Crippen molar-refractivity contribution in [2.24, 2.45) is 0 Å². The number of rotatable bonds is 4. The number of nitrogens with one attached hydrogen (secondary N) is 2. The Morgan fingerprint density at radius 3 is 2.59 bits per heavy atom. The van der Waals surface area contributed by atoms with Crippen molar-refractivity contribution in [3.05, 3.63) is 34.6 Å². The molecule has 6 heteroatoms. The lowest BCUT2D eigenvalue weighted by Gasteiger charge is -2.03. The Morgan fingerprint density at radius 2 is 1.94 bits per heavy atom. The third-order valence-corrected chi connectivity index (χ3v) is 2.87. The van der Waals surface area contributed by atoms with Crippen LogP contribution >= 0.6 is 15.9 Å². The Labute approximate surface area is 108 Å². The lowest BCUT2D eigenvalue weighted by molar-refractivity contribution is 0.443. The molecule has 1 heterocycles. The van der Waals surface area contributed by atoms with Crippen molar-refractivity contribution < 1.29 is 4.42 Å². The average Bonchev–Trinajstić information content (AvgIpc) is 2.80. The van der Waals surface area contributed by atoms with Crippen LogP contribution in [0.4, 0.5) is 11.7 Å². The first-order valence-corrected chi connectivity index (χ1v) is 6.01. The minimum Gasteiger partial charge on any atom is -0.406 e. The van der Waals surface area contributed by atoms with Gasteiger partial charge >= 0.3 is 6.01 Å². The highest BCUT2D eigenvalue weighted by molar-refractivity contribution is 9.10. The van der Waals surface area contributed by atoms with Gasteiger partial charge < -0.3 is 15.1 Å². The van der Waals surface area contributed by atoms with Gasteiger partial charge in [0.05, 0.1) is 6.04 Å². The van der Waals surface area contributed by atoms with E-state index >= 15 is 0 Å². The highest BCUT2D eigenvalue weighted by Gasteiger charge is 2.11.